The molecule has 1 aliphatic carbocycles. The Kier molecular flexibility index (Phi) is 5.34. The Labute approximate surface area is 180 Å². The van der Waals surface area contributed by atoms with Crippen LogP contribution in [-0.4, -0.2) is 70.1 Å². The Morgan fingerprint density at radius 2 is 1.77 bits per heavy atom. The summed E-state index contributed by atoms with van der Waals surface area (Å²) in [7, 11) is -0.725. The minimum absolute atomic E-state index is 0.105. The van der Waals surface area contributed by atoms with Gasteiger partial charge in [-0.05, 0) is 38.0 Å². The molecule has 0 bridgehead atoms. The molecular formula is C20H25N5O5S. The van der Waals surface area contributed by atoms with Gasteiger partial charge >= 0.3 is 17.8 Å². The lowest BCUT2D eigenvalue weighted by Crippen LogP contribution is -2.39. The van der Waals surface area contributed by atoms with E-state index in [-0.39, 0.29) is 17.5 Å². The Bertz CT molecular complexity index is 1180. The highest BCUT2D eigenvalue weighted by molar-refractivity contribution is 7.89. The number of hydrogen-bond donors (Lipinski definition) is 0. The van der Waals surface area contributed by atoms with Gasteiger partial charge < -0.3 is 4.57 Å². The number of imide groups is 2. The molecule has 11 heteroatoms. The SMILES string of the molecule is CCn1c(CN2C(=O)C(=O)N(C3CCCC3)C2=O)nc2cc(S(=O)(=O)N(C)C)ccc21. The number of amides is 4. The molecule has 0 spiro atoms. The first-order valence-electron chi connectivity index (χ1n) is 10.3. The van der Waals surface area contributed by atoms with Crippen LogP contribution in [-0.2, 0) is 32.7 Å². The summed E-state index contributed by atoms with van der Waals surface area (Å²) in [4.78, 5) is 44.5. The predicted molar refractivity (Wildman–Crippen MR) is 111 cm³/mol. The minimum atomic E-state index is -3.63. The Hall–Kier alpha value is -2.79. The van der Waals surface area contributed by atoms with Gasteiger partial charge in [-0.15, -0.1) is 0 Å². The molecule has 10 nitrogen and oxygen atoms in total. The van der Waals surface area contributed by atoms with Gasteiger partial charge in [0.2, 0.25) is 10.0 Å². The number of sulfonamides is 1. The van der Waals surface area contributed by atoms with Crippen LogP contribution >= 0.6 is 0 Å². The van der Waals surface area contributed by atoms with E-state index < -0.39 is 27.9 Å². The fraction of sp³-hybridized carbons (Fsp3) is 0.500. The van der Waals surface area contributed by atoms with Crippen molar-refractivity contribution in [3.8, 4) is 0 Å². The lowest BCUT2D eigenvalue weighted by Gasteiger charge is -2.21. The van der Waals surface area contributed by atoms with E-state index in [0.29, 0.717) is 23.4 Å². The average molecular weight is 448 g/mol. The van der Waals surface area contributed by atoms with Gasteiger partial charge in [0.05, 0.1) is 22.5 Å². The number of benzene rings is 1. The molecule has 31 heavy (non-hydrogen) atoms. The quantitative estimate of drug-likeness (QED) is 0.490. The van der Waals surface area contributed by atoms with Crippen molar-refractivity contribution in [2.75, 3.05) is 14.1 Å². The summed E-state index contributed by atoms with van der Waals surface area (Å²) < 4.78 is 27.8. The summed E-state index contributed by atoms with van der Waals surface area (Å²) >= 11 is 0. The molecule has 166 valence electrons. The van der Waals surface area contributed by atoms with Crippen molar-refractivity contribution in [1.29, 1.82) is 0 Å². The molecule has 0 unspecified atom stereocenters. The molecule has 2 fully saturated rings. The second kappa shape index (κ2) is 7.72. The van der Waals surface area contributed by atoms with Crippen molar-refractivity contribution >= 4 is 38.9 Å². The summed E-state index contributed by atoms with van der Waals surface area (Å²) in [6, 6.07) is 3.82. The molecular weight excluding hydrogens is 422 g/mol. The zero-order valence-corrected chi connectivity index (χ0v) is 18.6. The fourth-order valence-corrected chi connectivity index (χ4v) is 5.21. The molecule has 4 amide bonds. The van der Waals surface area contributed by atoms with Crippen LogP contribution in [0.1, 0.15) is 38.4 Å². The largest absolute Gasteiger partial charge is 0.334 e. The van der Waals surface area contributed by atoms with Crippen LogP contribution in [0.4, 0.5) is 4.79 Å². The number of carbonyl (C=O) groups is 3. The van der Waals surface area contributed by atoms with Crippen molar-refractivity contribution in [2.45, 2.75) is 56.6 Å². The van der Waals surface area contributed by atoms with Gasteiger partial charge in [0.25, 0.3) is 0 Å². The summed E-state index contributed by atoms with van der Waals surface area (Å²) in [6.07, 6.45) is 3.30. The number of rotatable bonds is 6. The first-order chi connectivity index (χ1) is 14.7. The number of hydrogen-bond acceptors (Lipinski definition) is 6. The monoisotopic (exact) mass is 447 g/mol. The van der Waals surface area contributed by atoms with E-state index in [1.807, 2.05) is 11.5 Å². The molecule has 1 aromatic heterocycles. The minimum Gasteiger partial charge on any atom is -0.327 e. The van der Waals surface area contributed by atoms with Crippen LogP contribution in [0.2, 0.25) is 0 Å². The summed E-state index contributed by atoms with van der Waals surface area (Å²) in [5.74, 6) is -1.21. The summed E-state index contributed by atoms with van der Waals surface area (Å²) in [5, 5.41) is 0. The molecule has 1 aromatic carbocycles. The third-order valence-corrected chi connectivity index (χ3v) is 7.78. The number of carbonyl (C=O) groups excluding carboxylic acids is 3. The van der Waals surface area contributed by atoms with Gasteiger partial charge in [0.1, 0.15) is 5.82 Å². The van der Waals surface area contributed by atoms with Crippen LogP contribution in [0, 0.1) is 0 Å². The van der Waals surface area contributed by atoms with E-state index in [1.54, 1.807) is 6.07 Å². The Morgan fingerprint density at radius 3 is 2.39 bits per heavy atom. The van der Waals surface area contributed by atoms with Crippen molar-refractivity contribution < 1.29 is 22.8 Å². The predicted octanol–water partition coefficient (Wildman–Crippen LogP) is 1.54. The third-order valence-electron chi connectivity index (χ3n) is 5.97. The maximum atomic E-state index is 12.9. The number of aryl methyl sites for hydroxylation is 1. The van der Waals surface area contributed by atoms with Gasteiger partial charge in [-0.3, -0.25) is 14.5 Å². The van der Waals surface area contributed by atoms with Gasteiger partial charge in [-0.1, -0.05) is 12.8 Å². The number of aromatic nitrogens is 2. The van der Waals surface area contributed by atoms with Crippen molar-refractivity contribution in [3.63, 3.8) is 0 Å². The van der Waals surface area contributed by atoms with E-state index in [2.05, 4.69) is 4.98 Å². The molecule has 0 radical (unpaired) electrons. The molecule has 4 rings (SSSR count). The van der Waals surface area contributed by atoms with E-state index in [0.717, 1.165) is 39.8 Å². The number of urea groups is 1. The van der Waals surface area contributed by atoms with Crippen LogP contribution in [0.5, 0.6) is 0 Å². The van der Waals surface area contributed by atoms with E-state index in [9.17, 15) is 22.8 Å². The molecule has 1 saturated carbocycles. The maximum absolute atomic E-state index is 12.9. The summed E-state index contributed by atoms with van der Waals surface area (Å²) in [6.45, 7) is 2.24. The van der Waals surface area contributed by atoms with E-state index in [1.165, 1.54) is 26.2 Å². The van der Waals surface area contributed by atoms with Crippen LogP contribution < -0.4 is 0 Å². The maximum Gasteiger partial charge on any atom is 0.334 e. The molecule has 2 aromatic rings. The molecule has 0 atom stereocenters. The third kappa shape index (κ3) is 3.41. The molecule has 2 heterocycles. The summed E-state index contributed by atoms with van der Waals surface area (Å²) in [5.41, 5.74) is 1.13. The zero-order chi connectivity index (χ0) is 22.5. The molecule has 1 aliphatic heterocycles. The second-order valence-corrected chi connectivity index (χ2v) is 10.1. The van der Waals surface area contributed by atoms with Gasteiger partial charge in [-0.25, -0.2) is 27.4 Å². The Morgan fingerprint density at radius 1 is 1.10 bits per heavy atom. The van der Waals surface area contributed by atoms with Gasteiger partial charge in [0, 0.05) is 26.7 Å². The number of imidazole rings is 1. The Balaban J connectivity index is 1.69. The normalized spacial score (nSPS) is 18.4. The number of fused-ring (bicyclic) bond motifs is 1. The molecule has 1 saturated heterocycles. The van der Waals surface area contributed by atoms with Crippen LogP contribution in [0.15, 0.2) is 23.1 Å². The van der Waals surface area contributed by atoms with Crippen LogP contribution in [0.3, 0.4) is 0 Å². The molecule has 0 N–H and O–H groups in total. The number of nitrogens with zero attached hydrogens (tertiary/aromatic N) is 5. The highest BCUT2D eigenvalue weighted by Crippen LogP contribution is 2.29. The van der Waals surface area contributed by atoms with Crippen molar-refractivity contribution in [3.05, 3.63) is 24.0 Å². The fourth-order valence-electron chi connectivity index (χ4n) is 4.29. The highest BCUT2D eigenvalue weighted by Gasteiger charge is 2.48. The smallest absolute Gasteiger partial charge is 0.327 e. The average Bonchev–Trinajstić information content (AvgIpc) is 3.42. The van der Waals surface area contributed by atoms with Crippen LogP contribution in [0.25, 0.3) is 11.0 Å². The van der Waals surface area contributed by atoms with Gasteiger partial charge in [-0.2, -0.15) is 0 Å². The lowest BCUT2D eigenvalue weighted by molar-refractivity contribution is -0.144. The van der Waals surface area contributed by atoms with E-state index in [4.69, 9.17) is 0 Å². The standard InChI is InChI=1S/C20H25N5O5S/c1-4-23-16-10-9-14(31(29,30)22(2)3)11-15(16)21-17(23)12-24-18(26)19(27)25(20(24)28)13-7-5-6-8-13/h9-11,13H,4-8,12H2,1-3H3. The molecule has 2 aliphatic rings. The van der Waals surface area contributed by atoms with Crippen molar-refractivity contribution in [2.24, 2.45) is 0 Å². The highest BCUT2D eigenvalue weighted by atomic mass is 32.2. The van der Waals surface area contributed by atoms with Gasteiger partial charge in [0.15, 0.2) is 0 Å². The van der Waals surface area contributed by atoms with Crippen molar-refractivity contribution in [1.82, 2.24) is 23.7 Å². The topological polar surface area (TPSA) is 113 Å². The first-order valence-corrected chi connectivity index (χ1v) is 11.7. The first kappa shape index (κ1) is 21.4. The second-order valence-electron chi connectivity index (χ2n) is 8.00. The zero-order valence-electron chi connectivity index (χ0n) is 17.7. The van der Waals surface area contributed by atoms with E-state index >= 15 is 0 Å². The lowest BCUT2D eigenvalue weighted by atomic mass is 10.2.